The Hall–Kier alpha value is -0.480. The molecule has 0 aliphatic carbocycles. The Balaban J connectivity index is 1.76. The average Bonchev–Trinajstić information content (AvgIpc) is 2.89. The molecular weight excluding hydrogens is 208 g/mol. The fourth-order valence-corrected chi connectivity index (χ4v) is 3.41. The summed E-state index contributed by atoms with van der Waals surface area (Å²) in [6.45, 7) is 2.30. The summed E-state index contributed by atoms with van der Waals surface area (Å²) < 4.78 is 5.49. The van der Waals surface area contributed by atoms with Gasteiger partial charge in [0.05, 0.1) is 5.69 Å². The Kier molecular flexibility index (Phi) is 2.71. The van der Waals surface area contributed by atoms with Gasteiger partial charge in [-0.2, -0.15) is 11.8 Å². The van der Waals surface area contributed by atoms with Gasteiger partial charge < -0.3 is 9.84 Å². The summed E-state index contributed by atoms with van der Waals surface area (Å²) >= 11 is 2.00. The average molecular weight is 224 g/mol. The highest BCUT2D eigenvalue weighted by Crippen LogP contribution is 2.29. The van der Waals surface area contributed by atoms with Crippen LogP contribution in [0.4, 0.5) is 0 Å². The molecule has 3 heterocycles. The Labute approximate surface area is 94.0 Å². The fraction of sp³-hybridized carbons (Fsp3) is 0.727. The quantitative estimate of drug-likeness (QED) is 0.828. The van der Waals surface area contributed by atoms with E-state index in [2.05, 4.69) is 10.5 Å². The predicted molar refractivity (Wildman–Crippen MR) is 61.0 cm³/mol. The molecule has 82 valence electrons. The number of hydrogen-bond donors (Lipinski definition) is 1. The van der Waals surface area contributed by atoms with Gasteiger partial charge in [0.15, 0.2) is 0 Å². The molecule has 0 saturated carbocycles. The van der Waals surface area contributed by atoms with Crippen molar-refractivity contribution in [2.24, 2.45) is 5.92 Å². The topological polar surface area (TPSA) is 38.1 Å². The number of nitrogens with zero attached hydrogens (tertiary/aromatic N) is 1. The molecule has 1 atom stereocenters. The Morgan fingerprint density at radius 1 is 1.53 bits per heavy atom. The highest BCUT2D eigenvalue weighted by molar-refractivity contribution is 7.98. The van der Waals surface area contributed by atoms with Gasteiger partial charge in [0.1, 0.15) is 5.76 Å². The van der Waals surface area contributed by atoms with Gasteiger partial charge in [-0.1, -0.05) is 5.16 Å². The number of hydrogen-bond acceptors (Lipinski definition) is 4. The Bertz CT molecular complexity index is 344. The second kappa shape index (κ2) is 4.18. The summed E-state index contributed by atoms with van der Waals surface area (Å²) in [7, 11) is 0. The van der Waals surface area contributed by atoms with E-state index in [-0.39, 0.29) is 0 Å². The van der Waals surface area contributed by atoms with Crippen molar-refractivity contribution in [3.63, 3.8) is 0 Å². The van der Waals surface area contributed by atoms with Gasteiger partial charge in [-0.15, -0.1) is 0 Å². The van der Waals surface area contributed by atoms with E-state index >= 15 is 0 Å². The van der Waals surface area contributed by atoms with Gasteiger partial charge >= 0.3 is 0 Å². The minimum atomic E-state index is 0.758. The normalized spacial score (nSPS) is 25.5. The maximum atomic E-state index is 5.49. The fourth-order valence-electron chi connectivity index (χ4n) is 2.40. The van der Waals surface area contributed by atoms with Crippen molar-refractivity contribution in [1.29, 1.82) is 0 Å². The van der Waals surface area contributed by atoms with Crippen LogP contribution in [0, 0.1) is 5.92 Å². The zero-order valence-electron chi connectivity index (χ0n) is 8.79. The van der Waals surface area contributed by atoms with Crippen LogP contribution in [0.15, 0.2) is 4.52 Å². The van der Waals surface area contributed by atoms with Crippen LogP contribution in [-0.2, 0) is 18.6 Å². The van der Waals surface area contributed by atoms with Crippen molar-refractivity contribution in [3.8, 4) is 0 Å². The molecule has 15 heavy (non-hydrogen) atoms. The predicted octanol–water partition coefficient (Wildman–Crippen LogP) is 1.62. The number of rotatable bonds is 2. The first kappa shape index (κ1) is 9.73. The van der Waals surface area contributed by atoms with Gasteiger partial charge in [0.2, 0.25) is 0 Å². The Morgan fingerprint density at radius 3 is 3.40 bits per heavy atom. The molecule has 0 bridgehead atoms. The number of nitrogens with one attached hydrogen (secondary N) is 1. The van der Waals surface area contributed by atoms with E-state index in [4.69, 9.17) is 4.52 Å². The molecule has 4 heteroatoms. The van der Waals surface area contributed by atoms with Gasteiger partial charge in [-0.25, -0.2) is 0 Å². The summed E-state index contributed by atoms with van der Waals surface area (Å²) in [6, 6.07) is 0. The largest absolute Gasteiger partial charge is 0.361 e. The minimum absolute atomic E-state index is 0.758. The van der Waals surface area contributed by atoms with Gasteiger partial charge in [-0.3, -0.25) is 0 Å². The maximum Gasteiger partial charge on any atom is 0.141 e. The molecule has 1 aromatic heterocycles. The van der Waals surface area contributed by atoms with Crippen LogP contribution in [0.3, 0.4) is 0 Å². The molecule has 2 aliphatic heterocycles. The molecule has 0 spiro atoms. The molecule has 0 radical (unpaired) electrons. The van der Waals surface area contributed by atoms with E-state index in [1.807, 2.05) is 11.8 Å². The SMILES string of the molecule is C1CC(Cc2onc3c2CSCC3)CN1. The summed E-state index contributed by atoms with van der Waals surface area (Å²) in [6.07, 6.45) is 3.45. The van der Waals surface area contributed by atoms with Crippen molar-refractivity contribution in [2.45, 2.75) is 25.0 Å². The monoisotopic (exact) mass is 224 g/mol. The summed E-state index contributed by atoms with van der Waals surface area (Å²) in [5.41, 5.74) is 2.62. The van der Waals surface area contributed by atoms with Crippen molar-refractivity contribution in [3.05, 3.63) is 17.0 Å². The van der Waals surface area contributed by atoms with Crippen LogP contribution in [0.2, 0.25) is 0 Å². The van der Waals surface area contributed by atoms with E-state index in [0.29, 0.717) is 0 Å². The second-order valence-electron chi connectivity index (χ2n) is 4.40. The molecular formula is C11H16N2OS. The van der Waals surface area contributed by atoms with Crippen LogP contribution in [0.25, 0.3) is 0 Å². The van der Waals surface area contributed by atoms with Crippen LogP contribution >= 0.6 is 11.8 Å². The molecule has 0 amide bonds. The van der Waals surface area contributed by atoms with Crippen LogP contribution < -0.4 is 5.32 Å². The van der Waals surface area contributed by atoms with Gasteiger partial charge in [0, 0.05) is 24.2 Å². The molecule has 1 fully saturated rings. The van der Waals surface area contributed by atoms with E-state index < -0.39 is 0 Å². The molecule has 3 rings (SSSR count). The highest BCUT2D eigenvalue weighted by Gasteiger charge is 2.23. The van der Waals surface area contributed by atoms with Crippen molar-refractivity contribution < 1.29 is 4.52 Å². The summed E-state index contributed by atoms with van der Waals surface area (Å²) in [5.74, 6) is 4.22. The van der Waals surface area contributed by atoms with E-state index in [1.165, 1.54) is 23.4 Å². The molecule has 1 unspecified atom stereocenters. The maximum absolute atomic E-state index is 5.49. The minimum Gasteiger partial charge on any atom is -0.361 e. The third-order valence-corrected chi connectivity index (χ3v) is 4.30. The van der Waals surface area contributed by atoms with Gasteiger partial charge in [0.25, 0.3) is 0 Å². The number of fused-ring (bicyclic) bond motifs is 1. The first-order chi connectivity index (χ1) is 7.43. The number of thioether (sulfide) groups is 1. The lowest BCUT2D eigenvalue weighted by Gasteiger charge is -2.10. The van der Waals surface area contributed by atoms with Crippen molar-refractivity contribution in [1.82, 2.24) is 10.5 Å². The lowest BCUT2D eigenvalue weighted by Crippen LogP contribution is -2.11. The van der Waals surface area contributed by atoms with Crippen LogP contribution in [0.1, 0.15) is 23.4 Å². The molecule has 1 aromatic rings. The van der Waals surface area contributed by atoms with Crippen LogP contribution in [0.5, 0.6) is 0 Å². The third-order valence-electron chi connectivity index (χ3n) is 3.32. The summed E-state index contributed by atoms with van der Waals surface area (Å²) in [4.78, 5) is 0. The smallest absolute Gasteiger partial charge is 0.141 e. The first-order valence-corrected chi connectivity index (χ1v) is 6.83. The third kappa shape index (κ3) is 1.93. The first-order valence-electron chi connectivity index (χ1n) is 5.68. The summed E-state index contributed by atoms with van der Waals surface area (Å²) in [5, 5.41) is 7.59. The van der Waals surface area contributed by atoms with E-state index in [0.717, 1.165) is 43.4 Å². The van der Waals surface area contributed by atoms with Crippen LogP contribution in [-0.4, -0.2) is 24.0 Å². The number of aromatic nitrogens is 1. The van der Waals surface area contributed by atoms with E-state index in [9.17, 15) is 0 Å². The lowest BCUT2D eigenvalue weighted by atomic mass is 10.00. The molecule has 0 aromatic carbocycles. The van der Waals surface area contributed by atoms with Crippen molar-refractivity contribution in [2.75, 3.05) is 18.8 Å². The van der Waals surface area contributed by atoms with E-state index in [1.54, 1.807) is 0 Å². The molecule has 1 saturated heterocycles. The zero-order valence-corrected chi connectivity index (χ0v) is 9.61. The lowest BCUT2D eigenvalue weighted by molar-refractivity contribution is 0.358. The molecule has 1 N–H and O–H groups in total. The number of aryl methyl sites for hydroxylation is 1. The standard InChI is InChI=1S/C11H16N2OS/c1-3-12-6-8(1)5-11-9-7-15-4-2-10(9)13-14-11/h8,12H,1-7H2. The second-order valence-corrected chi connectivity index (χ2v) is 5.50. The highest BCUT2D eigenvalue weighted by atomic mass is 32.2. The van der Waals surface area contributed by atoms with Crippen molar-refractivity contribution >= 4 is 11.8 Å². The van der Waals surface area contributed by atoms with Gasteiger partial charge in [-0.05, 0) is 31.2 Å². The zero-order chi connectivity index (χ0) is 10.1. The molecule has 2 aliphatic rings. The molecule has 3 nitrogen and oxygen atoms in total. The Morgan fingerprint density at radius 2 is 2.53 bits per heavy atom.